The van der Waals surface area contributed by atoms with Gasteiger partial charge in [0.25, 0.3) is 0 Å². The SMILES string of the molecule is CCOC(=O)c1c(C)oc2cc(Cl)c(OC)c(OC)c12. The summed E-state index contributed by atoms with van der Waals surface area (Å²) < 4.78 is 21.2. The van der Waals surface area contributed by atoms with Crippen molar-refractivity contribution in [3.8, 4) is 11.5 Å². The molecule has 0 bridgehead atoms. The molecular weight excluding hydrogens is 284 g/mol. The first-order chi connectivity index (χ1) is 9.54. The van der Waals surface area contributed by atoms with Crippen LogP contribution < -0.4 is 9.47 Å². The zero-order valence-electron chi connectivity index (χ0n) is 11.7. The number of benzene rings is 1. The Morgan fingerprint density at radius 2 is 1.95 bits per heavy atom. The van der Waals surface area contributed by atoms with Crippen molar-refractivity contribution in [2.75, 3.05) is 20.8 Å². The minimum absolute atomic E-state index is 0.276. The molecule has 0 aliphatic carbocycles. The molecule has 108 valence electrons. The second kappa shape index (κ2) is 5.63. The molecule has 6 heteroatoms. The lowest BCUT2D eigenvalue weighted by Gasteiger charge is -2.10. The van der Waals surface area contributed by atoms with Gasteiger partial charge in [-0.05, 0) is 13.8 Å². The first-order valence-electron chi connectivity index (χ1n) is 6.05. The number of carbonyl (C=O) groups is 1. The monoisotopic (exact) mass is 298 g/mol. The average molecular weight is 299 g/mol. The van der Waals surface area contributed by atoms with Gasteiger partial charge in [-0.25, -0.2) is 4.79 Å². The highest BCUT2D eigenvalue weighted by Gasteiger charge is 2.26. The van der Waals surface area contributed by atoms with Gasteiger partial charge in [-0.1, -0.05) is 11.6 Å². The van der Waals surface area contributed by atoms with Crippen molar-refractivity contribution in [1.82, 2.24) is 0 Å². The molecule has 2 rings (SSSR count). The number of fused-ring (bicyclic) bond motifs is 1. The summed E-state index contributed by atoms with van der Waals surface area (Å²) in [5, 5.41) is 0.853. The lowest BCUT2D eigenvalue weighted by molar-refractivity contribution is 0.0526. The molecule has 0 saturated heterocycles. The third-order valence-corrected chi connectivity index (χ3v) is 3.19. The van der Waals surface area contributed by atoms with Gasteiger partial charge in [0, 0.05) is 6.07 Å². The Bertz CT molecular complexity index is 659. The predicted octanol–water partition coefficient (Wildman–Crippen LogP) is 3.59. The maximum absolute atomic E-state index is 12.1. The number of carbonyl (C=O) groups excluding carboxylic acids is 1. The minimum Gasteiger partial charge on any atom is -0.492 e. The van der Waals surface area contributed by atoms with Gasteiger partial charge in [-0.15, -0.1) is 0 Å². The van der Waals surface area contributed by atoms with Gasteiger partial charge in [0.05, 0.1) is 31.2 Å². The van der Waals surface area contributed by atoms with E-state index in [0.29, 0.717) is 38.8 Å². The van der Waals surface area contributed by atoms with E-state index < -0.39 is 5.97 Å². The number of methoxy groups -OCH3 is 2. The van der Waals surface area contributed by atoms with E-state index in [1.165, 1.54) is 14.2 Å². The van der Waals surface area contributed by atoms with Crippen LogP contribution in [0, 0.1) is 6.92 Å². The third-order valence-electron chi connectivity index (χ3n) is 2.91. The van der Waals surface area contributed by atoms with Gasteiger partial charge in [0.1, 0.15) is 16.9 Å². The van der Waals surface area contributed by atoms with Gasteiger partial charge in [0.2, 0.25) is 0 Å². The molecule has 1 aromatic heterocycles. The van der Waals surface area contributed by atoms with Crippen LogP contribution in [0.3, 0.4) is 0 Å². The lowest BCUT2D eigenvalue weighted by Crippen LogP contribution is -2.06. The predicted molar refractivity (Wildman–Crippen MR) is 75.0 cm³/mol. The first-order valence-corrected chi connectivity index (χ1v) is 6.43. The number of hydrogen-bond acceptors (Lipinski definition) is 5. The lowest BCUT2D eigenvalue weighted by atomic mass is 10.1. The summed E-state index contributed by atoms with van der Waals surface area (Å²) in [6, 6.07) is 1.59. The normalized spacial score (nSPS) is 10.7. The van der Waals surface area contributed by atoms with Gasteiger partial charge >= 0.3 is 5.97 Å². The summed E-state index contributed by atoms with van der Waals surface area (Å²) in [6.45, 7) is 3.70. The van der Waals surface area contributed by atoms with Crippen LogP contribution in [0.4, 0.5) is 0 Å². The van der Waals surface area contributed by atoms with Crippen molar-refractivity contribution in [3.05, 3.63) is 22.4 Å². The van der Waals surface area contributed by atoms with Crippen molar-refractivity contribution < 1.29 is 23.4 Å². The Morgan fingerprint density at radius 3 is 2.50 bits per heavy atom. The maximum atomic E-state index is 12.1. The van der Waals surface area contributed by atoms with Crippen LogP contribution in [0.2, 0.25) is 5.02 Å². The van der Waals surface area contributed by atoms with Gasteiger partial charge < -0.3 is 18.6 Å². The molecular formula is C14H15ClO5. The van der Waals surface area contributed by atoms with Crippen LogP contribution in [0.1, 0.15) is 23.0 Å². The molecule has 0 aliphatic heterocycles. The average Bonchev–Trinajstić information content (AvgIpc) is 2.72. The van der Waals surface area contributed by atoms with Crippen molar-refractivity contribution in [2.24, 2.45) is 0 Å². The van der Waals surface area contributed by atoms with E-state index in [-0.39, 0.29) is 6.61 Å². The fraction of sp³-hybridized carbons (Fsp3) is 0.357. The smallest absolute Gasteiger partial charge is 0.342 e. The molecule has 0 saturated carbocycles. The van der Waals surface area contributed by atoms with Crippen molar-refractivity contribution >= 4 is 28.5 Å². The number of esters is 1. The number of aryl methyl sites for hydroxylation is 1. The Kier molecular flexibility index (Phi) is 4.09. The summed E-state index contributed by atoms with van der Waals surface area (Å²) >= 11 is 6.11. The fourth-order valence-electron chi connectivity index (χ4n) is 2.13. The summed E-state index contributed by atoms with van der Waals surface area (Å²) in [7, 11) is 2.96. The van der Waals surface area contributed by atoms with Gasteiger partial charge in [-0.2, -0.15) is 0 Å². The van der Waals surface area contributed by atoms with E-state index in [1.54, 1.807) is 19.9 Å². The number of hydrogen-bond donors (Lipinski definition) is 0. The van der Waals surface area contributed by atoms with Crippen molar-refractivity contribution in [2.45, 2.75) is 13.8 Å². The summed E-state index contributed by atoms with van der Waals surface area (Å²) in [4.78, 5) is 12.1. The third kappa shape index (κ3) is 2.18. The number of ether oxygens (including phenoxy) is 3. The van der Waals surface area contributed by atoms with Crippen molar-refractivity contribution in [1.29, 1.82) is 0 Å². The largest absolute Gasteiger partial charge is 0.492 e. The molecule has 1 aromatic carbocycles. The quantitative estimate of drug-likeness (QED) is 0.807. The van der Waals surface area contributed by atoms with Crippen LogP contribution in [-0.2, 0) is 4.74 Å². The molecule has 0 atom stereocenters. The molecule has 2 aromatic rings. The summed E-state index contributed by atoms with van der Waals surface area (Å²) in [6.07, 6.45) is 0. The van der Waals surface area contributed by atoms with E-state index >= 15 is 0 Å². The second-order valence-electron chi connectivity index (χ2n) is 4.05. The van der Waals surface area contributed by atoms with Crippen LogP contribution >= 0.6 is 11.6 Å². The van der Waals surface area contributed by atoms with E-state index in [2.05, 4.69) is 0 Å². The molecule has 0 spiro atoms. The van der Waals surface area contributed by atoms with Crippen LogP contribution in [0.15, 0.2) is 10.5 Å². The molecule has 5 nitrogen and oxygen atoms in total. The van der Waals surface area contributed by atoms with E-state index in [9.17, 15) is 4.79 Å². The van der Waals surface area contributed by atoms with E-state index in [4.69, 9.17) is 30.2 Å². The molecule has 0 unspecified atom stereocenters. The topological polar surface area (TPSA) is 57.9 Å². The highest BCUT2D eigenvalue weighted by Crippen LogP contribution is 2.44. The fourth-order valence-corrected chi connectivity index (χ4v) is 2.39. The van der Waals surface area contributed by atoms with Crippen molar-refractivity contribution in [3.63, 3.8) is 0 Å². The zero-order valence-corrected chi connectivity index (χ0v) is 12.5. The number of halogens is 1. The van der Waals surface area contributed by atoms with E-state index in [1.807, 2.05) is 0 Å². The maximum Gasteiger partial charge on any atom is 0.342 e. The Morgan fingerprint density at radius 1 is 1.30 bits per heavy atom. The Balaban J connectivity index is 2.82. The summed E-state index contributed by atoms with van der Waals surface area (Å²) in [5.41, 5.74) is 0.780. The highest BCUT2D eigenvalue weighted by atomic mass is 35.5. The molecule has 0 amide bonds. The Labute approximate surface area is 121 Å². The molecule has 0 N–H and O–H groups in total. The van der Waals surface area contributed by atoms with Gasteiger partial charge in [0.15, 0.2) is 11.5 Å². The second-order valence-corrected chi connectivity index (χ2v) is 4.46. The number of rotatable bonds is 4. The van der Waals surface area contributed by atoms with Crippen LogP contribution in [0.25, 0.3) is 11.0 Å². The zero-order chi connectivity index (χ0) is 14.9. The van der Waals surface area contributed by atoms with Crippen LogP contribution in [-0.4, -0.2) is 26.8 Å². The Hall–Kier alpha value is -1.88. The van der Waals surface area contributed by atoms with Gasteiger partial charge in [-0.3, -0.25) is 0 Å². The van der Waals surface area contributed by atoms with Crippen LogP contribution in [0.5, 0.6) is 11.5 Å². The molecule has 20 heavy (non-hydrogen) atoms. The molecule has 0 aliphatic rings. The standard InChI is InChI=1S/C14H15ClO5/c1-5-19-14(16)10-7(2)20-9-6-8(15)12(17-3)13(18-4)11(9)10/h6H,5H2,1-4H3. The summed E-state index contributed by atoms with van der Waals surface area (Å²) in [5.74, 6) is 0.690. The molecule has 0 radical (unpaired) electrons. The first kappa shape index (κ1) is 14.5. The number of furan rings is 1. The molecule has 0 fully saturated rings. The minimum atomic E-state index is -0.466. The highest BCUT2D eigenvalue weighted by molar-refractivity contribution is 6.33. The van der Waals surface area contributed by atoms with E-state index in [0.717, 1.165) is 0 Å². The molecule has 1 heterocycles.